The Labute approximate surface area is 234 Å². The van der Waals surface area contributed by atoms with Gasteiger partial charge in [0, 0.05) is 37.4 Å². The highest BCUT2D eigenvalue weighted by Crippen LogP contribution is 2.32. The molecule has 0 N–H and O–H groups in total. The molecule has 0 spiro atoms. The van der Waals surface area contributed by atoms with Crippen LogP contribution in [0.5, 0.6) is 5.75 Å². The van der Waals surface area contributed by atoms with Gasteiger partial charge in [-0.25, -0.2) is 4.39 Å². The standard InChI is InChI=1S/C29H25ClFN3O4S/c30-24-7-4-8-25(31)23(24)19-38-22-11-9-20(10-12-22)17-26-28(36)34(29(37)39-26)18-27(35)33-15-13-32(14-16-33)21-5-2-1-3-6-21/h1-12,17H,13-16,18-19H2/b26-17-. The Kier molecular flexibility index (Phi) is 8.18. The van der Waals surface area contributed by atoms with Gasteiger partial charge in [-0.1, -0.05) is 48.0 Å². The molecule has 0 atom stereocenters. The molecule has 7 nitrogen and oxygen atoms in total. The molecule has 2 heterocycles. The Morgan fingerprint density at radius 2 is 1.67 bits per heavy atom. The molecule has 2 saturated heterocycles. The normalized spacial score (nSPS) is 16.8. The zero-order chi connectivity index (χ0) is 27.4. The third-order valence-electron chi connectivity index (χ3n) is 6.54. The first-order valence-electron chi connectivity index (χ1n) is 12.4. The van der Waals surface area contributed by atoms with Crippen molar-refractivity contribution in [3.05, 3.63) is 99.7 Å². The maximum atomic E-state index is 13.9. The van der Waals surface area contributed by atoms with Crippen LogP contribution in [0.3, 0.4) is 0 Å². The highest BCUT2D eigenvalue weighted by molar-refractivity contribution is 8.18. The second-order valence-electron chi connectivity index (χ2n) is 9.03. The van der Waals surface area contributed by atoms with E-state index < -0.39 is 17.0 Å². The lowest BCUT2D eigenvalue weighted by molar-refractivity contribution is -0.136. The van der Waals surface area contributed by atoms with Gasteiger partial charge in [-0.05, 0) is 59.8 Å². The number of hydrogen-bond donors (Lipinski definition) is 0. The van der Waals surface area contributed by atoms with Crippen LogP contribution in [0, 0.1) is 5.82 Å². The highest BCUT2D eigenvalue weighted by atomic mass is 35.5. The minimum absolute atomic E-state index is 0.0287. The highest BCUT2D eigenvalue weighted by Gasteiger charge is 2.37. The molecule has 39 heavy (non-hydrogen) atoms. The third-order valence-corrected chi connectivity index (χ3v) is 7.80. The molecule has 10 heteroatoms. The van der Waals surface area contributed by atoms with Crippen molar-refractivity contribution < 1.29 is 23.5 Å². The maximum absolute atomic E-state index is 13.9. The van der Waals surface area contributed by atoms with Crippen molar-refractivity contribution in [1.29, 1.82) is 0 Å². The van der Waals surface area contributed by atoms with Crippen LogP contribution in [0.1, 0.15) is 11.1 Å². The lowest BCUT2D eigenvalue weighted by Crippen LogP contribution is -2.51. The van der Waals surface area contributed by atoms with E-state index in [0.29, 0.717) is 37.5 Å². The van der Waals surface area contributed by atoms with Crippen molar-refractivity contribution in [3.8, 4) is 5.75 Å². The van der Waals surface area contributed by atoms with E-state index >= 15 is 0 Å². The number of carbonyl (C=O) groups is 3. The van der Waals surface area contributed by atoms with Crippen molar-refractivity contribution >= 4 is 52.2 Å². The lowest BCUT2D eigenvalue weighted by atomic mass is 10.2. The number of nitrogens with zero attached hydrogens (tertiary/aromatic N) is 3. The van der Waals surface area contributed by atoms with Crippen molar-refractivity contribution in [2.45, 2.75) is 6.61 Å². The summed E-state index contributed by atoms with van der Waals surface area (Å²) >= 11 is 6.85. The minimum atomic E-state index is -0.490. The predicted octanol–water partition coefficient (Wildman–Crippen LogP) is 5.44. The molecule has 0 saturated carbocycles. The van der Waals surface area contributed by atoms with E-state index in [0.717, 1.165) is 22.3 Å². The summed E-state index contributed by atoms with van der Waals surface area (Å²) in [6.45, 7) is 2.11. The molecule has 3 aromatic carbocycles. The van der Waals surface area contributed by atoms with E-state index in [1.165, 1.54) is 12.1 Å². The molecule has 0 radical (unpaired) electrons. The molecule has 3 amide bonds. The second kappa shape index (κ2) is 11.9. The van der Waals surface area contributed by atoms with E-state index in [1.807, 2.05) is 30.3 Å². The number of para-hydroxylation sites is 1. The van der Waals surface area contributed by atoms with Gasteiger partial charge in [-0.3, -0.25) is 19.3 Å². The number of carbonyl (C=O) groups excluding carboxylic acids is 3. The summed E-state index contributed by atoms with van der Waals surface area (Å²) in [6.07, 6.45) is 1.60. The molecule has 0 bridgehead atoms. The summed E-state index contributed by atoms with van der Waals surface area (Å²) in [5.41, 5.74) is 2.06. The van der Waals surface area contributed by atoms with Crippen LogP contribution >= 0.6 is 23.4 Å². The minimum Gasteiger partial charge on any atom is -0.489 e. The first-order valence-corrected chi connectivity index (χ1v) is 13.6. The van der Waals surface area contributed by atoms with Crippen molar-refractivity contribution in [2.24, 2.45) is 0 Å². The number of ether oxygens (including phenoxy) is 1. The summed E-state index contributed by atoms with van der Waals surface area (Å²) in [5.74, 6) is -0.682. The Hall–Kier alpha value is -3.82. The molecule has 5 rings (SSSR count). The summed E-state index contributed by atoms with van der Waals surface area (Å²) in [4.78, 5) is 43.5. The number of imide groups is 1. The molecule has 0 aliphatic carbocycles. The van der Waals surface area contributed by atoms with Gasteiger partial charge in [-0.2, -0.15) is 0 Å². The Morgan fingerprint density at radius 3 is 2.36 bits per heavy atom. The molecular weight excluding hydrogens is 541 g/mol. The number of anilines is 1. The third kappa shape index (κ3) is 6.26. The van der Waals surface area contributed by atoms with Gasteiger partial charge >= 0.3 is 0 Å². The van der Waals surface area contributed by atoms with E-state index in [9.17, 15) is 18.8 Å². The number of hydrogen-bond acceptors (Lipinski definition) is 6. The monoisotopic (exact) mass is 565 g/mol. The topological polar surface area (TPSA) is 70.2 Å². The number of benzene rings is 3. The first-order chi connectivity index (χ1) is 18.9. The van der Waals surface area contributed by atoms with Crippen LogP contribution in [0.25, 0.3) is 6.08 Å². The van der Waals surface area contributed by atoms with Crippen LogP contribution in [0.4, 0.5) is 14.9 Å². The maximum Gasteiger partial charge on any atom is 0.294 e. The fourth-order valence-electron chi connectivity index (χ4n) is 4.36. The van der Waals surface area contributed by atoms with Crippen molar-refractivity contribution in [3.63, 3.8) is 0 Å². The molecule has 2 aliphatic rings. The molecular formula is C29H25ClFN3O4S. The smallest absolute Gasteiger partial charge is 0.294 e. The molecule has 2 fully saturated rings. The summed E-state index contributed by atoms with van der Waals surface area (Å²) in [7, 11) is 0. The Bertz CT molecular complexity index is 1390. The zero-order valence-corrected chi connectivity index (χ0v) is 22.5. The Morgan fingerprint density at radius 1 is 0.949 bits per heavy atom. The quantitative estimate of drug-likeness (QED) is 0.355. The lowest BCUT2D eigenvalue weighted by Gasteiger charge is -2.36. The van der Waals surface area contributed by atoms with Gasteiger partial charge in [0.1, 0.15) is 24.7 Å². The van der Waals surface area contributed by atoms with Gasteiger partial charge in [0.25, 0.3) is 11.1 Å². The van der Waals surface area contributed by atoms with Crippen molar-refractivity contribution in [2.75, 3.05) is 37.6 Å². The Balaban J connectivity index is 1.15. The fourth-order valence-corrected chi connectivity index (χ4v) is 5.42. The molecule has 3 aromatic rings. The van der Waals surface area contributed by atoms with Crippen LogP contribution in [0.15, 0.2) is 77.7 Å². The summed E-state index contributed by atoms with van der Waals surface area (Å²) in [6, 6.07) is 21.3. The van der Waals surface area contributed by atoms with Gasteiger partial charge in [0.05, 0.1) is 9.93 Å². The molecule has 200 valence electrons. The van der Waals surface area contributed by atoms with Crippen LogP contribution in [0.2, 0.25) is 5.02 Å². The molecule has 2 aliphatic heterocycles. The fraction of sp³-hybridized carbons (Fsp3) is 0.207. The SMILES string of the molecule is O=C(CN1C(=O)S/C(=C\c2ccc(OCc3c(F)cccc3Cl)cc2)C1=O)N1CCN(c2ccccc2)CC1. The van der Waals surface area contributed by atoms with E-state index in [2.05, 4.69) is 4.90 Å². The van der Waals surface area contributed by atoms with Crippen LogP contribution in [-0.2, 0) is 16.2 Å². The second-order valence-corrected chi connectivity index (χ2v) is 10.4. The zero-order valence-electron chi connectivity index (χ0n) is 20.9. The molecule has 0 unspecified atom stereocenters. The first kappa shape index (κ1) is 26.8. The number of thioether (sulfide) groups is 1. The number of amides is 3. The van der Waals surface area contributed by atoms with E-state index in [4.69, 9.17) is 16.3 Å². The number of halogens is 2. The van der Waals surface area contributed by atoms with Gasteiger partial charge < -0.3 is 14.5 Å². The van der Waals surface area contributed by atoms with Gasteiger partial charge in [0.15, 0.2) is 0 Å². The summed E-state index contributed by atoms with van der Waals surface area (Å²) < 4.78 is 19.6. The average Bonchev–Trinajstić information content (AvgIpc) is 3.21. The van der Waals surface area contributed by atoms with Gasteiger partial charge in [-0.15, -0.1) is 0 Å². The summed E-state index contributed by atoms with van der Waals surface area (Å²) in [5, 5.41) is -0.181. The van der Waals surface area contributed by atoms with Crippen LogP contribution in [-0.4, -0.2) is 59.6 Å². The average molecular weight is 566 g/mol. The number of rotatable bonds is 7. The predicted molar refractivity (Wildman–Crippen MR) is 150 cm³/mol. The van der Waals surface area contributed by atoms with Crippen molar-refractivity contribution in [1.82, 2.24) is 9.80 Å². The van der Waals surface area contributed by atoms with Crippen LogP contribution < -0.4 is 9.64 Å². The molecule has 0 aromatic heterocycles. The van der Waals surface area contributed by atoms with E-state index in [1.54, 1.807) is 41.3 Å². The number of piperazine rings is 1. The van der Waals surface area contributed by atoms with Gasteiger partial charge in [0.2, 0.25) is 5.91 Å². The van der Waals surface area contributed by atoms with E-state index in [-0.39, 0.29) is 34.6 Å². The largest absolute Gasteiger partial charge is 0.489 e.